The minimum absolute atomic E-state index is 0.00928. The number of carbonyl (C=O) groups is 3. The Kier molecular flexibility index (Phi) is 6.93. The van der Waals surface area contributed by atoms with Crippen LogP contribution in [0.25, 0.3) is 0 Å². The molecular formula is C27H34ClN3O7. The van der Waals surface area contributed by atoms with Gasteiger partial charge in [-0.25, -0.2) is 0 Å². The van der Waals surface area contributed by atoms with E-state index in [1.165, 1.54) is 11.0 Å². The molecule has 38 heavy (non-hydrogen) atoms. The van der Waals surface area contributed by atoms with E-state index in [9.17, 15) is 34.8 Å². The van der Waals surface area contributed by atoms with E-state index in [0.717, 1.165) is 0 Å². The number of rotatable bonds is 5. The first-order valence-electron chi connectivity index (χ1n) is 12.4. The molecule has 0 aliphatic heterocycles. The lowest BCUT2D eigenvalue weighted by atomic mass is 9.58. The molecule has 7 N–H and O–H groups in total. The van der Waals surface area contributed by atoms with Gasteiger partial charge in [0.1, 0.15) is 22.8 Å². The van der Waals surface area contributed by atoms with Crippen LogP contribution in [0.15, 0.2) is 28.7 Å². The third-order valence-corrected chi connectivity index (χ3v) is 8.17. The summed E-state index contributed by atoms with van der Waals surface area (Å²) in [6.45, 7) is 7.27. The van der Waals surface area contributed by atoms with Crippen LogP contribution < -0.4 is 11.1 Å². The second-order valence-corrected chi connectivity index (χ2v) is 12.2. The fourth-order valence-electron chi connectivity index (χ4n) is 6.05. The van der Waals surface area contributed by atoms with E-state index in [-0.39, 0.29) is 35.1 Å². The Bertz CT molecular complexity index is 1310. The lowest BCUT2D eigenvalue weighted by Crippen LogP contribution is -2.63. The summed E-state index contributed by atoms with van der Waals surface area (Å²) >= 11 is 6.73. The third kappa shape index (κ3) is 4.20. The van der Waals surface area contributed by atoms with Gasteiger partial charge >= 0.3 is 0 Å². The number of halogens is 1. The van der Waals surface area contributed by atoms with Gasteiger partial charge in [-0.3, -0.25) is 19.3 Å². The number of aromatic hydroxyl groups is 1. The molecule has 0 saturated heterocycles. The summed E-state index contributed by atoms with van der Waals surface area (Å²) in [5, 5.41) is 48.2. The number of hydrogen-bond donors (Lipinski definition) is 6. The van der Waals surface area contributed by atoms with Gasteiger partial charge in [0.2, 0.25) is 5.78 Å². The summed E-state index contributed by atoms with van der Waals surface area (Å²) in [5.74, 6) is -6.88. The van der Waals surface area contributed by atoms with Crippen LogP contribution in [-0.2, 0) is 22.6 Å². The molecule has 3 aliphatic carbocycles. The van der Waals surface area contributed by atoms with E-state index >= 15 is 0 Å². The maximum absolute atomic E-state index is 13.7. The molecule has 4 atom stereocenters. The number of allylic oxidation sites excluding steroid dienone is 1. The van der Waals surface area contributed by atoms with Crippen LogP contribution in [0.2, 0.25) is 5.02 Å². The summed E-state index contributed by atoms with van der Waals surface area (Å²) in [4.78, 5) is 40.5. The number of phenols is 1. The number of nitrogens with two attached hydrogens (primary N) is 1. The smallest absolute Gasteiger partial charge is 0.255 e. The number of Topliss-reactive ketones (excluding diaryl/α,β-unsaturated/α-hetero) is 2. The minimum Gasteiger partial charge on any atom is -0.510 e. The molecule has 1 amide bonds. The Morgan fingerprint density at radius 2 is 1.87 bits per heavy atom. The molecule has 4 rings (SSSR count). The highest BCUT2D eigenvalue weighted by atomic mass is 35.5. The zero-order valence-electron chi connectivity index (χ0n) is 22.1. The summed E-state index contributed by atoms with van der Waals surface area (Å²) in [6, 6.07) is 0.351. The van der Waals surface area contributed by atoms with Crippen molar-refractivity contribution < 1.29 is 34.8 Å². The maximum Gasteiger partial charge on any atom is 0.255 e. The molecule has 0 unspecified atom stereocenters. The quantitative estimate of drug-likeness (QED) is 0.301. The van der Waals surface area contributed by atoms with Crippen molar-refractivity contribution in [3.63, 3.8) is 0 Å². The zero-order chi connectivity index (χ0) is 28.5. The molecule has 0 saturated carbocycles. The molecule has 1 aromatic rings. The molecule has 1 aromatic carbocycles. The molecular weight excluding hydrogens is 514 g/mol. The zero-order valence-corrected chi connectivity index (χ0v) is 22.8. The SMILES string of the molecule is CN(C)[C@@H]1C(O)=C(C(N)=O)C(=O)[C@@]2(O)C(O)=C3C(=O)c4c(O)cc(CNCC(C)(C)C)c(Cl)c4C[C@H]3C[C@@H]12. The molecule has 3 aliphatic rings. The Morgan fingerprint density at radius 3 is 2.42 bits per heavy atom. The number of ketones is 2. The normalized spacial score (nSPS) is 27.4. The van der Waals surface area contributed by atoms with Gasteiger partial charge in [-0.05, 0) is 55.5 Å². The second-order valence-electron chi connectivity index (χ2n) is 11.8. The summed E-state index contributed by atoms with van der Waals surface area (Å²) in [5.41, 5.74) is 2.56. The molecule has 0 fully saturated rings. The minimum atomic E-state index is -2.67. The Labute approximate surface area is 225 Å². The number of hydrogen-bond acceptors (Lipinski definition) is 9. The van der Waals surface area contributed by atoms with Gasteiger partial charge in [0.05, 0.1) is 11.6 Å². The topological polar surface area (TPSA) is 173 Å². The Hall–Kier alpha value is -2.92. The first kappa shape index (κ1) is 28.1. The van der Waals surface area contributed by atoms with E-state index in [0.29, 0.717) is 29.2 Å². The number of phenolic OH excluding ortho intramolecular Hbond substituents is 1. The number of nitrogens with one attached hydrogen (secondary N) is 1. The van der Waals surface area contributed by atoms with Crippen LogP contribution in [-0.4, -0.2) is 75.1 Å². The molecule has 10 nitrogen and oxygen atoms in total. The highest BCUT2D eigenvalue weighted by Crippen LogP contribution is 2.53. The number of amides is 1. The Morgan fingerprint density at radius 1 is 1.24 bits per heavy atom. The van der Waals surface area contributed by atoms with Crippen molar-refractivity contribution in [2.75, 3.05) is 20.6 Å². The van der Waals surface area contributed by atoms with Gasteiger partial charge in [0.25, 0.3) is 5.91 Å². The fourth-order valence-corrected chi connectivity index (χ4v) is 6.35. The van der Waals surface area contributed by atoms with Crippen LogP contribution in [0.3, 0.4) is 0 Å². The number of aliphatic hydroxyl groups is 3. The van der Waals surface area contributed by atoms with Crippen molar-refractivity contribution in [1.29, 1.82) is 0 Å². The second kappa shape index (κ2) is 9.37. The maximum atomic E-state index is 13.7. The fraction of sp³-hybridized carbons (Fsp3) is 0.519. The average Bonchev–Trinajstić information content (AvgIpc) is 2.78. The molecule has 0 radical (unpaired) electrons. The third-order valence-electron chi connectivity index (χ3n) is 7.70. The first-order chi connectivity index (χ1) is 17.5. The van der Waals surface area contributed by atoms with Crippen LogP contribution in [0.5, 0.6) is 5.75 Å². The highest BCUT2D eigenvalue weighted by Gasteiger charge is 2.63. The number of carbonyl (C=O) groups excluding carboxylic acids is 3. The molecule has 206 valence electrons. The lowest BCUT2D eigenvalue weighted by Gasteiger charge is -2.50. The molecule has 0 bridgehead atoms. The van der Waals surface area contributed by atoms with Crippen LogP contribution in [0.1, 0.15) is 48.7 Å². The number of aliphatic hydroxyl groups excluding tert-OH is 2. The molecule has 0 spiro atoms. The van der Waals surface area contributed by atoms with E-state index in [1.807, 2.05) is 0 Å². The average molecular weight is 548 g/mol. The number of likely N-dealkylation sites (N-methyl/N-ethyl adjacent to an activating group) is 1. The van der Waals surface area contributed by atoms with Crippen molar-refractivity contribution >= 4 is 29.1 Å². The number of benzene rings is 1. The van der Waals surface area contributed by atoms with E-state index in [1.54, 1.807) is 14.1 Å². The largest absolute Gasteiger partial charge is 0.510 e. The van der Waals surface area contributed by atoms with Crippen molar-refractivity contribution in [3.05, 3.63) is 50.4 Å². The van der Waals surface area contributed by atoms with Crippen LogP contribution in [0.4, 0.5) is 0 Å². The van der Waals surface area contributed by atoms with Crippen molar-refractivity contribution in [1.82, 2.24) is 10.2 Å². The predicted octanol–water partition coefficient (Wildman–Crippen LogP) is 1.91. The van der Waals surface area contributed by atoms with Gasteiger partial charge in [-0.2, -0.15) is 0 Å². The van der Waals surface area contributed by atoms with Gasteiger partial charge < -0.3 is 31.5 Å². The Balaban J connectivity index is 1.83. The van der Waals surface area contributed by atoms with Crippen molar-refractivity contribution in [2.45, 2.75) is 51.8 Å². The number of fused-ring (bicyclic) bond motifs is 3. The summed E-state index contributed by atoms with van der Waals surface area (Å²) in [7, 11) is 3.16. The van der Waals surface area contributed by atoms with E-state index < -0.39 is 58.0 Å². The van der Waals surface area contributed by atoms with Gasteiger partial charge in [-0.1, -0.05) is 32.4 Å². The number of nitrogens with zero attached hydrogens (tertiary/aromatic N) is 1. The van der Waals surface area contributed by atoms with Crippen molar-refractivity contribution in [3.8, 4) is 5.75 Å². The molecule has 0 aromatic heterocycles. The first-order valence-corrected chi connectivity index (χ1v) is 12.8. The van der Waals surface area contributed by atoms with Gasteiger partial charge in [-0.15, -0.1) is 0 Å². The summed E-state index contributed by atoms with van der Waals surface area (Å²) < 4.78 is 0. The van der Waals surface area contributed by atoms with E-state index in [2.05, 4.69) is 26.1 Å². The lowest BCUT2D eigenvalue weighted by molar-refractivity contribution is -0.148. The predicted molar refractivity (Wildman–Crippen MR) is 140 cm³/mol. The van der Waals surface area contributed by atoms with Gasteiger partial charge in [0, 0.05) is 29.6 Å². The van der Waals surface area contributed by atoms with Crippen LogP contribution >= 0.6 is 11.6 Å². The number of primary amides is 1. The molecule has 0 heterocycles. The van der Waals surface area contributed by atoms with Crippen LogP contribution in [0, 0.1) is 17.3 Å². The monoisotopic (exact) mass is 547 g/mol. The van der Waals surface area contributed by atoms with Gasteiger partial charge in [0.15, 0.2) is 11.4 Å². The molecule has 11 heteroatoms. The standard InChI is InChI=1S/C27H34ClN3O7/c1-26(2,3)10-30-9-12-8-15(32)17-13(19(12)28)6-11-7-14-20(31(4)5)22(34)18(25(29)37)24(36)27(14,38)23(35)16(11)21(17)33/h8,11,14,20,30,32,34-35,38H,6-7,9-10H2,1-5H3,(H2,29,37)/t11-,14-,20-,27-/m0/s1. The highest BCUT2D eigenvalue weighted by molar-refractivity contribution is 6.33. The summed E-state index contributed by atoms with van der Waals surface area (Å²) in [6.07, 6.45) is 0.156. The van der Waals surface area contributed by atoms with Crippen molar-refractivity contribution in [2.24, 2.45) is 23.0 Å². The van der Waals surface area contributed by atoms with E-state index in [4.69, 9.17) is 17.3 Å².